The van der Waals surface area contributed by atoms with E-state index in [9.17, 15) is 5.11 Å². The second-order valence-electron chi connectivity index (χ2n) is 4.38. The maximum atomic E-state index is 9.35. The number of aliphatic hydroxyl groups is 1. The van der Waals surface area contributed by atoms with Gasteiger partial charge in [-0.1, -0.05) is 25.1 Å². The highest BCUT2D eigenvalue weighted by Crippen LogP contribution is 2.25. The van der Waals surface area contributed by atoms with E-state index < -0.39 is 0 Å². The number of anilines is 1. The first-order chi connectivity index (χ1) is 7.66. The number of para-hydroxylation sites is 1. The highest BCUT2D eigenvalue weighted by Gasteiger charge is 2.30. The van der Waals surface area contributed by atoms with Gasteiger partial charge < -0.3 is 16.2 Å². The molecule has 0 fully saturated rings. The molecule has 0 aliphatic carbocycles. The lowest BCUT2D eigenvalue weighted by Crippen LogP contribution is -2.47. The summed E-state index contributed by atoms with van der Waals surface area (Å²) in [5.74, 6) is 0.0673. The molecule has 0 aliphatic rings. The van der Waals surface area contributed by atoms with Crippen molar-refractivity contribution in [3.63, 3.8) is 0 Å². The lowest BCUT2D eigenvalue weighted by atomic mass is 9.83. The van der Waals surface area contributed by atoms with E-state index in [2.05, 4.69) is 19.2 Å². The van der Waals surface area contributed by atoms with Gasteiger partial charge in [-0.05, 0) is 32.0 Å². The van der Waals surface area contributed by atoms with Crippen LogP contribution in [0.15, 0.2) is 30.3 Å². The van der Waals surface area contributed by atoms with Gasteiger partial charge in [-0.2, -0.15) is 0 Å². The standard InChI is InChI=1S/C13H22N2O/c1-3-13(2,11(9-14)10-16)15-12-7-5-4-6-8-12/h4-8,11,15-16H,3,9-10,14H2,1-2H3/t11-,13-/m1/s1. The summed E-state index contributed by atoms with van der Waals surface area (Å²) in [7, 11) is 0. The Hall–Kier alpha value is -1.06. The van der Waals surface area contributed by atoms with E-state index in [0.29, 0.717) is 6.54 Å². The molecule has 0 bridgehead atoms. The topological polar surface area (TPSA) is 58.3 Å². The van der Waals surface area contributed by atoms with Crippen molar-refractivity contribution in [2.24, 2.45) is 11.7 Å². The normalized spacial score (nSPS) is 16.5. The zero-order valence-electron chi connectivity index (χ0n) is 10.1. The number of nitrogens with one attached hydrogen (secondary N) is 1. The molecule has 0 spiro atoms. The van der Waals surface area contributed by atoms with Gasteiger partial charge in [0.15, 0.2) is 0 Å². The molecule has 0 saturated carbocycles. The Morgan fingerprint density at radius 1 is 1.38 bits per heavy atom. The fraction of sp³-hybridized carbons (Fsp3) is 0.538. The molecule has 1 rings (SSSR count). The lowest BCUT2D eigenvalue weighted by molar-refractivity contribution is 0.174. The second kappa shape index (κ2) is 5.87. The van der Waals surface area contributed by atoms with Gasteiger partial charge >= 0.3 is 0 Å². The highest BCUT2D eigenvalue weighted by atomic mass is 16.3. The van der Waals surface area contributed by atoms with Gasteiger partial charge in [0, 0.05) is 23.8 Å². The smallest absolute Gasteiger partial charge is 0.0493 e. The van der Waals surface area contributed by atoms with Crippen LogP contribution in [-0.4, -0.2) is 23.8 Å². The van der Waals surface area contributed by atoms with E-state index in [4.69, 9.17) is 5.73 Å². The van der Waals surface area contributed by atoms with Crippen LogP contribution in [0.2, 0.25) is 0 Å². The average molecular weight is 222 g/mol. The molecule has 4 N–H and O–H groups in total. The maximum absolute atomic E-state index is 9.35. The molecule has 2 atom stereocenters. The maximum Gasteiger partial charge on any atom is 0.0493 e. The van der Waals surface area contributed by atoms with E-state index >= 15 is 0 Å². The summed E-state index contributed by atoms with van der Waals surface area (Å²) < 4.78 is 0. The van der Waals surface area contributed by atoms with Gasteiger partial charge in [0.1, 0.15) is 0 Å². The molecule has 0 saturated heterocycles. The number of aliphatic hydroxyl groups excluding tert-OH is 1. The van der Waals surface area contributed by atoms with Crippen molar-refractivity contribution in [2.75, 3.05) is 18.5 Å². The molecule has 0 aromatic heterocycles. The van der Waals surface area contributed by atoms with E-state index in [1.54, 1.807) is 0 Å². The largest absolute Gasteiger partial charge is 0.396 e. The van der Waals surface area contributed by atoms with Crippen molar-refractivity contribution in [2.45, 2.75) is 25.8 Å². The number of hydrogen-bond donors (Lipinski definition) is 3. The monoisotopic (exact) mass is 222 g/mol. The van der Waals surface area contributed by atoms with Crippen LogP contribution in [0.1, 0.15) is 20.3 Å². The predicted molar refractivity (Wildman–Crippen MR) is 68.4 cm³/mol. The van der Waals surface area contributed by atoms with Crippen LogP contribution in [0, 0.1) is 5.92 Å². The van der Waals surface area contributed by atoms with Crippen LogP contribution >= 0.6 is 0 Å². The molecular formula is C13H22N2O. The number of rotatable bonds is 6. The first-order valence-corrected chi connectivity index (χ1v) is 5.80. The third-order valence-electron chi connectivity index (χ3n) is 3.34. The van der Waals surface area contributed by atoms with Crippen molar-refractivity contribution in [1.29, 1.82) is 0 Å². The molecule has 3 heteroatoms. The molecular weight excluding hydrogens is 200 g/mol. The van der Waals surface area contributed by atoms with Crippen LogP contribution in [0.3, 0.4) is 0 Å². The molecule has 0 radical (unpaired) electrons. The molecule has 1 aromatic carbocycles. The summed E-state index contributed by atoms with van der Waals surface area (Å²) in [6.45, 7) is 4.81. The van der Waals surface area contributed by atoms with Gasteiger partial charge in [-0.25, -0.2) is 0 Å². The first kappa shape index (κ1) is 13.0. The van der Waals surface area contributed by atoms with Crippen LogP contribution < -0.4 is 11.1 Å². The summed E-state index contributed by atoms with van der Waals surface area (Å²) >= 11 is 0. The van der Waals surface area contributed by atoms with Crippen molar-refractivity contribution in [3.8, 4) is 0 Å². The van der Waals surface area contributed by atoms with Crippen molar-refractivity contribution in [1.82, 2.24) is 0 Å². The molecule has 3 nitrogen and oxygen atoms in total. The molecule has 0 amide bonds. The first-order valence-electron chi connectivity index (χ1n) is 5.80. The fourth-order valence-corrected chi connectivity index (χ4v) is 1.87. The lowest BCUT2D eigenvalue weighted by Gasteiger charge is -2.37. The quantitative estimate of drug-likeness (QED) is 0.688. The zero-order valence-corrected chi connectivity index (χ0v) is 10.1. The Morgan fingerprint density at radius 2 is 2.00 bits per heavy atom. The van der Waals surface area contributed by atoms with Crippen molar-refractivity contribution in [3.05, 3.63) is 30.3 Å². The Balaban J connectivity index is 2.81. The van der Waals surface area contributed by atoms with Crippen LogP contribution in [-0.2, 0) is 0 Å². The zero-order chi connectivity index (χ0) is 12.0. The molecule has 0 aliphatic heterocycles. The van der Waals surface area contributed by atoms with E-state index in [1.165, 1.54) is 0 Å². The third kappa shape index (κ3) is 2.97. The average Bonchev–Trinajstić information content (AvgIpc) is 2.32. The Morgan fingerprint density at radius 3 is 2.44 bits per heavy atom. The van der Waals surface area contributed by atoms with Gasteiger partial charge in [0.2, 0.25) is 0 Å². The van der Waals surface area contributed by atoms with Crippen LogP contribution in [0.5, 0.6) is 0 Å². The Labute approximate surface area is 97.7 Å². The van der Waals surface area contributed by atoms with Gasteiger partial charge in [0.25, 0.3) is 0 Å². The minimum absolute atomic E-state index is 0.0673. The molecule has 0 heterocycles. The minimum Gasteiger partial charge on any atom is -0.396 e. The molecule has 1 aromatic rings. The fourth-order valence-electron chi connectivity index (χ4n) is 1.87. The molecule has 90 valence electrons. The third-order valence-corrected chi connectivity index (χ3v) is 3.34. The van der Waals surface area contributed by atoms with Crippen molar-refractivity contribution < 1.29 is 5.11 Å². The van der Waals surface area contributed by atoms with E-state index in [1.807, 2.05) is 30.3 Å². The van der Waals surface area contributed by atoms with Gasteiger partial charge in [0.05, 0.1) is 0 Å². The van der Waals surface area contributed by atoms with Gasteiger partial charge in [-0.3, -0.25) is 0 Å². The number of benzene rings is 1. The van der Waals surface area contributed by atoms with Gasteiger partial charge in [-0.15, -0.1) is 0 Å². The summed E-state index contributed by atoms with van der Waals surface area (Å²) in [4.78, 5) is 0. The highest BCUT2D eigenvalue weighted by molar-refractivity contribution is 5.45. The Bertz CT molecular complexity index is 298. The van der Waals surface area contributed by atoms with Crippen molar-refractivity contribution >= 4 is 5.69 Å². The number of nitrogens with two attached hydrogens (primary N) is 1. The van der Waals surface area contributed by atoms with E-state index in [0.717, 1.165) is 12.1 Å². The summed E-state index contributed by atoms with van der Waals surface area (Å²) in [5, 5.41) is 12.8. The van der Waals surface area contributed by atoms with Crippen LogP contribution in [0.25, 0.3) is 0 Å². The summed E-state index contributed by atoms with van der Waals surface area (Å²) in [6.07, 6.45) is 0.921. The summed E-state index contributed by atoms with van der Waals surface area (Å²) in [6, 6.07) is 10.0. The molecule has 16 heavy (non-hydrogen) atoms. The van der Waals surface area contributed by atoms with Crippen LogP contribution in [0.4, 0.5) is 5.69 Å². The molecule has 0 unspecified atom stereocenters. The summed E-state index contributed by atoms with van der Waals surface area (Å²) in [5.41, 5.74) is 6.61. The number of hydrogen-bond acceptors (Lipinski definition) is 3. The second-order valence-corrected chi connectivity index (χ2v) is 4.38. The minimum atomic E-state index is -0.162. The SMILES string of the molecule is CC[C@@](C)(Nc1ccccc1)[C@H](CN)CO. The predicted octanol–water partition coefficient (Wildman–Crippen LogP) is 1.83. The van der Waals surface area contributed by atoms with E-state index in [-0.39, 0.29) is 18.1 Å². The Kier molecular flexibility index (Phi) is 4.77.